The summed E-state index contributed by atoms with van der Waals surface area (Å²) in [5.74, 6) is 1.03. The van der Waals surface area contributed by atoms with Crippen LogP contribution in [0.25, 0.3) is 0 Å². The van der Waals surface area contributed by atoms with Gasteiger partial charge in [0.1, 0.15) is 12.3 Å². The molecule has 31 heavy (non-hydrogen) atoms. The van der Waals surface area contributed by atoms with Crippen molar-refractivity contribution in [2.45, 2.75) is 50.5 Å². The first-order valence-corrected chi connectivity index (χ1v) is 12.8. The Morgan fingerprint density at radius 2 is 1.94 bits per heavy atom. The first-order chi connectivity index (χ1) is 14.7. The second-order valence-electron chi connectivity index (χ2n) is 8.77. The molecule has 1 aliphatic heterocycles. The maximum atomic E-state index is 12.7. The third kappa shape index (κ3) is 6.11. The molecule has 1 heterocycles. The van der Waals surface area contributed by atoms with E-state index in [-0.39, 0.29) is 24.2 Å². The van der Waals surface area contributed by atoms with Crippen molar-refractivity contribution in [1.82, 2.24) is 14.9 Å². The minimum Gasteiger partial charge on any atom is -0.493 e. The molecule has 0 bridgehead atoms. The van der Waals surface area contributed by atoms with Gasteiger partial charge in [0, 0.05) is 11.6 Å². The molecule has 0 radical (unpaired) electrons. The monoisotopic (exact) mass is 469 g/mol. The number of carbonyl (C=O) groups excluding carboxylic acids is 2. The topological polar surface area (TPSA) is 105 Å². The summed E-state index contributed by atoms with van der Waals surface area (Å²) in [4.78, 5) is 24.1. The molecule has 4 rings (SSSR count). The molecule has 3 aliphatic rings. The van der Waals surface area contributed by atoms with E-state index in [4.69, 9.17) is 16.3 Å². The number of urea groups is 1. The van der Waals surface area contributed by atoms with E-state index in [1.54, 1.807) is 6.07 Å². The van der Waals surface area contributed by atoms with Crippen LogP contribution in [0.4, 0.5) is 4.79 Å². The molecular formula is C21H28ClN3O5S. The largest absolute Gasteiger partial charge is 0.493 e. The molecule has 10 heteroatoms. The average molecular weight is 470 g/mol. The Bertz CT molecular complexity index is 960. The van der Waals surface area contributed by atoms with Crippen LogP contribution < -0.4 is 14.8 Å². The lowest BCUT2D eigenvalue weighted by Crippen LogP contribution is -2.36. The lowest BCUT2D eigenvalue weighted by Gasteiger charge is -2.20. The quantitative estimate of drug-likeness (QED) is 0.362. The molecule has 0 atom stereocenters. The minimum atomic E-state index is -3.47. The van der Waals surface area contributed by atoms with Crippen molar-refractivity contribution in [2.75, 3.05) is 25.4 Å². The van der Waals surface area contributed by atoms with Crippen LogP contribution >= 0.6 is 11.6 Å². The Hall–Kier alpha value is -1.84. The fourth-order valence-electron chi connectivity index (χ4n) is 3.78. The Morgan fingerprint density at radius 3 is 2.58 bits per heavy atom. The SMILES string of the molecule is O=C1CN(CCCCCS(=O)(=O)NC2(c3cc(Cl)cc(OCC4CC4)c3)CC2)C(=O)N1. The number of nitrogens with one attached hydrogen (secondary N) is 2. The van der Waals surface area contributed by atoms with Crippen molar-refractivity contribution in [3.05, 3.63) is 28.8 Å². The molecule has 0 unspecified atom stereocenters. The highest BCUT2D eigenvalue weighted by molar-refractivity contribution is 7.89. The van der Waals surface area contributed by atoms with Gasteiger partial charge in [-0.1, -0.05) is 18.0 Å². The zero-order valence-electron chi connectivity index (χ0n) is 17.4. The van der Waals surface area contributed by atoms with Crippen LogP contribution in [0, 0.1) is 5.92 Å². The summed E-state index contributed by atoms with van der Waals surface area (Å²) in [6.07, 6.45) is 5.64. The number of amides is 3. The highest BCUT2D eigenvalue weighted by Crippen LogP contribution is 2.47. The normalized spacial score (nSPS) is 20.1. The van der Waals surface area contributed by atoms with Gasteiger partial charge in [-0.05, 0) is 68.2 Å². The van der Waals surface area contributed by atoms with Crippen LogP contribution in [0.5, 0.6) is 5.75 Å². The van der Waals surface area contributed by atoms with Crippen LogP contribution in [0.3, 0.4) is 0 Å². The molecule has 1 saturated heterocycles. The summed E-state index contributed by atoms with van der Waals surface area (Å²) in [6.45, 7) is 1.19. The maximum absolute atomic E-state index is 12.7. The number of rotatable bonds is 12. The van der Waals surface area contributed by atoms with E-state index in [0.29, 0.717) is 49.1 Å². The highest BCUT2D eigenvalue weighted by atomic mass is 35.5. The zero-order valence-corrected chi connectivity index (χ0v) is 18.9. The minimum absolute atomic E-state index is 0.0193. The molecule has 3 fully saturated rings. The second-order valence-corrected chi connectivity index (χ2v) is 11.0. The second kappa shape index (κ2) is 8.96. The van der Waals surface area contributed by atoms with E-state index < -0.39 is 15.6 Å². The molecule has 8 nitrogen and oxygen atoms in total. The molecule has 0 aromatic heterocycles. The third-order valence-electron chi connectivity index (χ3n) is 5.92. The lowest BCUT2D eigenvalue weighted by atomic mass is 10.1. The summed E-state index contributed by atoms with van der Waals surface area (Å²) in [5, 5.41) is 2.77. The third-order valence-corrected chi connectivity index (χ3v) is 7.66. The van der Waals surface area contributed by atoms with Crippen LogP contribution in [0.1, 0.15) is 50.5 Å². The number of imide groups is 1. The van der Waals surface area contributed by atoms with E-state index in [1.807, 2.05) is 12.1 Å². The van der Waals surface area contributed by atoms with Crippen molar-refractivity contribution >= 4 is 33.6 Å². The maximum Gasteiger partial charge on any atom is 0.324 e. The first kappa shape index (κ1) is 22.4. The van der Waals surface area contributed by atoms with Crippen LogP contribution in [-0.2, 0) is 20.4 Å². The van der Waals surface area contributed by atoms with Gasteiger partial charge >= 0.3 is 6.03 Å². The highest BCUT2D eigenvalue weighted by Gasteiger charge is 2.47. The zero-order chi connectivity index (χ0) is 22.1. The molecule has 1 aromatic carbocycles. The number of halogens is 1. The van der Waals surface area contributed by atoms with Gasteiger partial charge in [-0.3, -0.25) is 10.1 Å². The predicted molar refractivity (Wildman–Crippen MR) is 116 cm³/mol. The first-order valence-electron chi connectivity index (χ1n) is 10.8. The molecule has 1 aromatic rings. The van der Waals surface area contributed by atoms with E-state index in [1.165, 1.54) is 17.7 Å². The van der Waals surface area contributed by atoms with Gasteiger partial charge in [0.25, 0.3) is 0 Å². The summed E-state index contributed by atoms with van der Waals surface area (Å²) in [7, 11) is -3.47. The summed E-state index contributed by atoms with van der Waals surface area (Å²) in [6, 6.07) is 5.10. The number of nitrogens with zero attached hydrogens (tertiary/aromatic N) is 1. The number of benzene rings is 1. The van der Waals surface area contributed by atoms with E-state index in [2.05, 4.69) is 10.0 Å². The van der Waals surface area contributed by atoms with Crippen molar-refractivity contribution in [3.8, 4) is 5.75 Å². The summed E-state index contributed by atoms with van der Waals surface area (Å²) in [5.41, 5.74) is 0.245. The van der Waals surface area contributed by atoms with Gasteiger partial charge in [0.2, 0.25) is 15.9 Å². The van der Waals surface area contributed by atoms with Crippen molar-refractivity contribution < 1.29 is 22.7 Å². The number of ether oxygens (including phenoxy) is 1. The van der Waals surface area contributed by atoms with E-state index in [9.17, 15) is 18.0 Å². The number of sulfonamides is 1. The van der Waals surface area contributed by atoms with E-state index in [0.717, 1.165) is 18.4 Å². The van der Waals surface area contributed by atoms with Gasteiger partial charge < -0.3 is 9.64 Å². The van der Waals surface area contributed by atoms with Crippen LogP contribution in [-0.4, -0.2) is 50.7 Å². The van der Waals surface area contributed by atoms with Gasteiger partial charge in [-0.2, -0.15) is 0 Å². The molecule has 2 saturated carbocycles. The molecular weight excluding hydrogens is 442 g/mol. The van der Waals surface area contributed by atoms with Gasteiger partial charge in [0.15, 0.2) is 0 Å². The van der Waals surface area contributed by atoms with Gasteiger partial charge in [-0.25, -0.2) is 17.9 Å². The Kier molecular flexibility index (Phi) is 6.46. The number of carbonyl (C=O) groups is 2. The number of hydrogen-bond donors (Lipinski definition) is 2. The van der Waals surface area contributed by atoms with Gasteiger partial charge in [0.05, 0.1) is 17.9 Å². The van der Waals surface area contributed by atoms with Crippen LogP contribution in [0.15, 0.2) is 18.2 Å². The smallest absolute Gasteiger partial charge is 0.324 e. The number of unbranched alkanes of at least 4 members (excludes halogenated alkanes) is 2. The van der Waals surface area contributed by atoms with E-state index >= 15 is 0 Å². The molecule has 170 valence electrons. The van der Waals surface area contributed by atoms with Crippen molar-refractivity contribution in [1.29, 1.82) is 0 Å². The fraction of sp³-hybridized carbons (Fsp3) is 0.619. The standard InChI is InChI=1S/C21H28ClN3O5S/c22-17-10-16(11-18(12-17)30-14-15-4-5-15)21(6-7-21)24-31(28,29)9-3-1-2-8-25-13-19(26)23-20(25)27/h10-12,15,24H,1-9,13-14H2,(H,23,26,27). The van der Waals surface area contributed by atoms with Gasteiger partial charge in [-0.15, -0.1) is 0 Å². The molecule has 3 amide bonds. The Morgan fingerprint density at radius 1 is 1.16 bits per heavy atom. The fourth-order valence-corrected chi connectivity index (χ4v) is 5.61. The lowest BCUT2D eigenvalue weighted by molar-refractivity contribution is -0.118. The molecule has 0 spiro atoms. The summed E-state index contributed by atoms with van der Waals surface area (Å²) < 4.78 is 34.1. The predicted octanol–water partition coefficient (Wildman–Crippen LogP) is 2.76. The molecule has 2 N–H and O–H groups in total. The van der Waals surface area contributed by atoms with Crippen LogP contribution in [0.2, 0.25) is 5.02 Å². The van der Waals surface area contributed by atoms with Crippen molar-refractivity contribution in [2.24, 2.45) is 5.92 Å². The Labute approximate surface area is 187 Å². The average Bonchev–Trinajstić information content (AvgIpc) is 3.60. The Balaban J connectivity index is 1.26. The van der Waals surface area contributed by atoms with Crippen molar-refractivity contribution in [3.63, 3.8) is 0 Å². The summed E-state index contributed by atoms with van der Waals surface area (Å²) >= 11 is 6.27. The number of hydrogen-bond acceptors (Lipinski definition) is 5. The molecule has 2 aliphatic carbocycles.